The zero-order valence-corrected chi connectivity index (χ0v) is 8.65. The second-order valence-electron chi connectivity index (χ2n) is 3.86. The van der Waals surface area contributed by atoms with Gasteiger partial charge in [-0.25, -0.2) is 0 Å². The molecule has 0 aliphatic carbocycles. The lowest BCUT2D eigenvalue weighted by Crippen LogP contribution is -2.49. The zero-order valence-electron chi connectivity index (χ0n) is 7.83. The van der Waals surface area contributed by atoms with Gasteiger partial charge in [-0.1, -0.05) is 0 Å². The lowest BCUT2D eigenvalue weighted by molar-refractivity contribution is 0.121. The van der Waals surface area contributed by atoms with Crippen molar-refractivity contribution in [1.29, 1.82) is 0 Å². The molecule has 0 saturated carbocycles. The van der Waals surface area contributed by atoms with Crippen LogP contribution in [0.25, 0.3) is 0 Å². The summed E-state index contributed by atoms with van der Waals surface area (Å²) in [5, 5.41) is 0. The molecule has 2 rings (SSSR count). The highest BCUT2D eigenvalue weighted by Crippen LogP contribution is 2.22. The van der Waals surface area contributed by atoms with E-state index in [1.54, 1.807) is 0 Å². The van der Waals surface area contributed by atoms with Crippen LogP contribution in [0, 0.1) is 0 Å². The van der Waals surface area contributed by atoms with Crippen LogP contribution >= 0.6 is 11.8 Å². The Hall–Kier alpha value is 0.270. The largest absolute Gasteiger partial charge is 0.304 e. The van der Waals surface area contributed by atoms with Crippen LogP contribution in [0.1, 0.15) is 6.42 Å². The van der Waals surface area contributed by atoms with Crippen molar-refractivity contribution in [3.63, 3.8) is 0 Å². The summed E-state index contributed by atoms with van der Waals surface area (Å²) in [4.78, 5) is 5.11. The molecular weight excluding hydrogens is 168 g/mol. The van der Waals surface area contributed by atoms with E-state index in [4.69, 9.17) is 0 Å². The van der Waals surface area contributed by atoms with Crippen molar-refractivity contribution >= 4 is 11.8 Å². The van der Waals surface area contributed by atoms with Crippen LogP contribution < -0.4 is 0 Å². The summed E-state index contributed by atoms with van der Waals surface area (Å²) in [5.41, 5.74) is 0. The summed E-state index contributed by atoms with van der Waals surface area (Å²) >= 11 is 2.12. The maximum atomic E-state index is 2.68. The third kappa shape index (κ3) is 1.95. The average Bonchev–Trinajstić information content (AvgIpc) is 2.58. The van der Waals surface area contributed by atoms with E-state index < -0.39 is 0 Å². The molecule has 1 atom stereocenters. The minimum atomic E-state index is 0.906. The highest BCUT2D eigenvalue weighted by Gasteiger charge is 2.24. The minimum absolute atomic E-state index is 0.906. The van der Waals surface area contributed by atoms with E-state index in [2.05, 4.69) is 28.6 Å². The van der Waals surface area contributed by atoms with Gasteiger partial charge in [0.2, 0.25) is 0 Å². The Morgan fingerprint density at radius 2 is 1.92 bits per heavy atom. The third-order valence-corrected chi connectivity index (χ3v) is 4.10. The second-order valence-corrected chi connectivity index (χ2v) is 5.01. The topological polar surface area (TPSA) is 6.48 Å². The Morgan fingerprint density at radius 1 is 1.17 bits per heavy atom. The molecular formula is C9H18N2S. The van der Waals surface area contributed by atoms with E-state index in [0.29, 0.717) is 0 Å². The predicted molar refractivity (Wildman–Crippen MR) is 54.8 cm³/mol. The summed E-state index contributed by atoms with van der Waals surface area (Å²) < 4.78 is 0. The molecule has 0 N–H and O–H groups in total. The van der Waals surface area contributed by atoms with E-state index in [1.165, 1.54) is 44.1 Å². The highest BCUT2D eigenvalue weighted by molar-refractivity contribution is 7.99. The number of hydrogen-bond donors (Lipinski definition) is 0. The molecule has 0 aromatic rings. The van der Waals surface area contributed by atoms with Gasteiger partial charge in [0.05, 0.1) is 0 Å². The number of likely N-dealkylation sites (N-methyl/N-ethyl adjacent to an activating group) is 1. The number of hydrogen-bond acceptors (Lipinski definition) is 3. The fourth-order valence-electron chi connectivity index (χ4n) is 2.00. The van der Waals surface area contributed by atoms with Crippen molar-refractivity contribution in [2.75, 3.05) is 44.7 Å². The fraction of sp³-hybridized carbons (Fsp3) is 1.00. The molecule has 0 unspecified atom stereocenters. The highest BCUT2D eigenvalue weighted by atomic mass is 32.2. The monoisotopic (exact) mass is 186 g/mol. The maximum absolute atomic E-state index is 2.68. The summed E-state index contributed by atoms with van der Waals surface area (Å²) in [6.45, 7) is 5.12. The Morgan fingerprint density at radius 3 is 2.50 bits per heavy atom. The van der Waals surface area contributed by atoms with Gasteiger partial charge in [-0.2, -0.15) is 11.8 Å². The number of piperazine rings is 1. The van der Waals surface area contributed by atoms with Crippen LogP contribution in [0.15, 0.2) is 0 Å². The van der Waals surface area contributed by atoms with Crippen LogP contribution in [-0.2, 0) is 0 Å². The van der Waals surface area contributed by atoms with Gasteiger partial charge in [0.1, 0.15) is 0 Å². The Labute approximate surface area is 79.3 Å². The maximum Gasteiger partial charge on any atom is 0.0195 e. The van der Waals surface area contributed by atoms with E-state index in [1.807, 2.05) is 0 Å². The van der Waals surface area contributed by atoms with Crippen molar-refractivity contribution in [1.82, 2.24) is 9.80 Å². The van der Waals surface area contributed by atoms with Crippen LogP contribution in [0.4, 0.5) is 0 Å². The molecule has 2 nitrogen and oxygen atoms in total. The molecule has 2 fully saturated rings. The number of thioether (sulfide) groups is 1. The standard InChI is InChI=1S/C9H18N2S/c1-10-3-5-11(6-4-10)9-2-7-12-8-9/h9H,2-8H2,1H3/t9-/m1/s1. The molecule has 2 aliphatic rings. The molecule has 70 valence electrons. The van der Waals surface area contributed by atoms with Crippen LogP contribution in [-0.4, -0.2) is 60.6 Å². The molecule has 12 heavy (non-hydrogen) atoms. The van der Waals surface area contributed by atoms with Crippen LogP contribution in [0.2, 0.25) is 0 Å². The number of rotatable bonds is 1. The fourth-order valence-corrected chi connectivity index (χ4v) is 3.25. The molecule has 2 saturated heterocycles. The SMILES string of the molecule is CN1CCN([C@@H]2CCSC2)CC1. The smallest absolute Gasteiger partial charge is 0.0195 e. The van der Waals surface area contributed by atoms with Crippen molar-refractivity contribution in [3.05, 3.63) is 0 Å². The molecule has 2 aliphatic heterocycles. The minimum Gasteiger partial charge on any atom is -0.304 e. The Balaban J connectivity index is 1.80. The Kier molecular flexibility index (Phi) is 2.94. The van der Waals surface area contributed by atoms with Gasteiger partial charge in [-0.15, -0.1) is 0 Å². The van der Waals surface area contributed by atoms with Gasteiger partial charge >= 0.3 is 0 Å². The van der Waals surface area contributed by atoms with Crippen LogP contribution in [0.3, 0.4) is 0 Å². The molecule has 3 heteroatoms. The number of nitrogens with zero attached hydrogens (tertiary/aromatic N) is 2. The summed E-state index contributed by atoms with van der Waals surface area (Å²) in [5.74, 6) is 2.76. The van der Waals surface area contributed by atoms with Crippen molar-refractivity contribution in [2.24, 2.45) is 0 Å². The summed E-state index contributed by atoms with van der Waals surface area (Å²) in [6.07, 6.45) is 1.42. The van der Waals surface area contributed by atoms with E-state index in [9.17, 15) is 0 Å². The normalized spacial score (nSPS) is 34.2. The second kappa shape index (κ2) is 3.99. The molecule has 0 radical (unpaired) electrons. The Bertz CT molecular complexity index is 137. The first-order valence-electron chi connectivity index (χ1n) is 4.86. The first kappa shape index (κ1) is 8.85. The lowest BCUT2D eigenvalue weighted by atomic mass is 10.2. The van der Waals surface area contributed by atoms with Gasteiger partial charge in [0.25, 0.3) is 0 Å². The molecule has 0 aromatic heterocycles. The molecule has 0 spiro atoms. The van der Waals surface area contributed by atoms with Gasteiger partial charge in [0.15, 0.2) is 0 Å². The average molecular weight is 186 g/mol. The lowest BCUT2D eigenvalue weighted by Gasteiger charge is -2.36. The molecule has 0 aromatic carbocycles. The van der Waals surface area contributed by atoms with Crippen molar-refractivity contribution in [3.8, 4) is 0 Å². The third-order valence-electron chi connectivity index (χ3n) is 2.96. The summed E-state index contributed by atoms with van der Waals surface area (Å²) in [6, 6.07) is 0.906. The van der Waals surface area contributed by atoms with Gasteiger partial charge < -0.3 is 4.90 Å². The van der Waals surface area contributed by atoms with E-state index in [-0.39, 0.29) is 0 Å². The quantitative estimate of drug-likeness (QED) is 0.596. The van der Waals surface area contributed by atoms with Crippen molar-refractivity contribution < 1.29 is 0 Å². The van der Waals surface area contributed by atoms with Gasteiger partial charge in [0, 0.05) is 38.0 Å². The zero-order chi connectivity index (χ0) is 8.39. The molecule has 2 heterocycles. The first-order chi connectivity index (χ1) is 5.86. The first-order valence-corrected chi connectivity index (χ1v) is 6.02. The summed E-state index contributed by atoms with van der Waals surface area (Å²) in [7, 11) is 2.22. The van der Waals surface area contributed by atoms with Crippen LogP contribution in [0.5, 0.6) is 0 Å². The van der Waals surface area contributed by atoms with Crippen molar-refractivity contribution in [2.45, 2.75) is 12.5 Å². The van der Waals surface area contributed by atoms with E-state index >= 15 is 0 Å². The predicted octanol–water partition coefficient (Wildman–Crippen LogP) is 0.739. The van der Waals surface area contributed by atoms with E-state index in [0.717, 1.165) is 6.04 Å². The van der Waals surface area contributed by atoms with Gasteiger partial charge in [-0.3, -0.25) is 4.90 Å². The molecule has 0 bridgehead atoms. The van der Waals surface area contributed by atoms with Gasteiger partial charge in [-0.05, 0) is 19.2 Å². The molecule has 0 amide bonds.